The zero-order valence-corrected chi connectivity index (χ0v) is 10.5. The fraction of sp³-hybridized carbons (Fsp3) is 0.500. The van der Waals surface area contributed by atoms with E-state index < -0.39 is 10.4 Å². The summed E-state index contributed by atoms with van der Waals surface area (Å²) >= 11 is 0. The summed E-state index contributed by atoms with van der Waals surface area (Å²) in [5, 5.41) is 8.11. The van der Waals surface area contributed by atoms with Crippen molar-refractivity contribution in [1.82, 2.24) is 0 Å². The van der Waals surface area contributed by atoms with Crippen LogP contribution < -0.4 is 29.6 Å². The van der Waals surface area contributed by atoms with Crippen molar-refractivity contribution in [2.24, 2.45) is 0 Å². The molecule has 0 spiro atoms. The van der Waals surface area contributed by atoms with Gasteiger partial charge in [0, 0.05) is 6.61 Å². The molecule has 0 aliphatic heterocycles. The van der Waals surface area contributed by atoms with E-state index in [1.165, 1.54) is 6.08 Å². The van der Waals surface area contributed by atoms with Crippen LogP contribution in [0.4, 0.5) is 0 Å². The van der Waals surface area contributed by atoms with E-state index in [9.17, 15) is 8.42 Å². The molecule has 0 rings (SSSR count). The largest absolute Gasteiger partial charge is 1.00 e. The second-order valence-corrected chi connectivity index (χ2v) is 2.71. The monoisotopic (exact) mass is 220 g/mol. The predicted molar refractivity (Wildman–Crippen MR) is 44.8 cm³/mol. The average molecular weight is 220 g/mol. The molecule has 0 fully saturated rings. The molecule has 74 valence electrons. The van der Waals surface area contributed by atoms with E-state index in [2.05, 4.69) is 17.7 Å². The number of allylic oxidation sites excluding steroid dienone is 1. The van der Waals surface area contributed by atoms with E-state index in [0.29, 0.717) is 0 Å². The summed E-state index contributed by atoms with van der Waals surface area (Å²) in [6, 6.07) is 0. The van der Waals surface area contributed by atoms with Gasteiger partial charge in [0.25, 0.3) is 0 Å². The Morgan fingerprint density at radius 1 is 1.54 bits per heavy atom. The minimum absolute atomic E-state index is 0. The van der Waals surface area contributed by atoms with E-state index in [-0.39, 0.29) is 49.2 Å². The van der Waals surface area contributed by atoms with Crippen LogP contribution in [0.2, 0.25) is 0 Å². The van der Waals surface area contributed by atoms with Crippen LogP contribution in [0.1, 0.15) is 6.42 Å². The van der Waals surface area contributed by atoms with Crippen molar-refractivity contribution in [2.75, 3.05) is 13.2 Å². The second kappa shape index (κ2) is 12.4. The van der Waals surface area contributed by atoms with Crippen molar-refractivity contribution >= 4 is 10.4 Å². The molecule has 0 atom stereocenters. The van der Waals surface area contributed by atoms with Crippen LogP contribution in [0, 0.1) is 6.92 Å². The Morgan fingerprint density at radius 2 is 1.92 bits per heavy atom. The van der Waals surface area contributed by atoms with Gasteiger partial charge in [0.1, 0.15) is 0 Å². The third-order valence-corrected chi connectivity index (χ3v) is 0.999. The molecule has 0 heterocycles. The molecule has 0 bridgehead atoms. The van der Waals surface area contributed by atoms with Crippen LogP contribution in [0.25, 0.3) is 0 Å². The molecule has 0 aromatic carbocycles. The molecule has 0 saturated carbocycles. The number of aliphatic hydroxyl groups is 1. The van der Waals surface area contributed by atoms with Crippen LogP contribution in [0.5, 0.6) is 0 Å². The van der Waals surface area contributed by atoms with Gasteiger partial charge in [-0.15, -0.1) is 0 Å². The van der Waals surface area contributed by atoms with Gasteiger partial charge in [-0.2, -0.15) is 8.42 Å². The molecule has 0 aromatic rings. The first kappa shape index (κ1) is 19.1. The summed E-state index contributed by atoms with van der Waals surface area (Å²) in [5.41, 5.74) is 0. The molecule has 13 heavy (non-hydrogen) atoms. The molecule has 0 saturated heterocycles. The van der Waals surface area contributed by atoms with E-state index in [1.54, 1.807) is 0 Å². The van der Waals surface area contributed by atoms with E-state index >= 15 is 0 Å². The maximum Gasteiger partial charge on any atom is 1.00 e. The van der Waals surface area contributed by atoms with Gasteiger partial charge in [-0.05, 0) is 6.42 Å². The van der Waals surface area contributed by atoms with E-state index in [4.69, 9.17) is 9.66 Å². The van der Waals surface area contributed by atoms with Crippen LogP contribution in [0.3, 0.4) is 0 Å². The summed E-state index contributed by atoms with van der Waals surface area (Å²) < 4.78 is 31.3. The summed E-state index contributed by atoms with van der Waals surface area (Å²) in [4.78, 5) is 0. The Balaban J connectivity index is -0.000000220. The second-order valence-electron chi connectivity index (χ2n) is 1.62. The van der Waals surface area contributed by atoms with Crippen molar-refractivity contribution in [2.45, 2.75) is 6.42 Å². The molecule has 2 N–H and O–H groups in total. The topological polar surface area (TPSA) is 83.8 Å². The first-order chi connectivity index (χ1) is 5.47. The Bertz CT molecular complexity index is 189. The molecule has 0 amide bonds. The molecule has 0 aliphatic rings. The smallest absolute Gasteiger partial charge is 0.396 e. The zero-order valence-electron chi connectivity index (χ0n) is 7.64. The Labute approximate surface area is 101 Å². The number of rotatable bonds is 4. The number of aliphatic hydroxyl groups excluding tert-OH is 1. The first-order valence-electron chi connectivity index (χ1n) is 3.10. The van der Waals surface area contributed by atoms with Crippen molar-refractivity contribution < 1.29 is 51.8 Å². The van der Waals surface area contributed by atoms with Gasteiger partial charge in [0.05, 0.1) is 6.61 Å². The minimum atomic E-state index is -4.31. The Morgan fingerprint density at radius 3 is 2.15 bits per heavy atom. The minimum Gasteiger partial charge on any atom is -0.396 e. The molecule has 5 nitrogen and oxygen atoms in total. The van der Waals surface area contributed by atoms with Gasteiger partial charge in [-0.3, -0.25) is 4.55 Å². The van der Waals surface area contributed by atoms with Crippen LogP contribution in [-0.2, 0) is 14.6 Å². The maximum absolute atomic E-state index is 9.76. The van der Waals surface area contributed by atoms with Gasteiger partial charge in [-0.1, -0.05) is 0 Å². The van der Waals surface area contributed by atoms with E-state index in [0.717, 1.165) is 0 Å². The Hall–Kier alpha value is 0.440. The molecular weight excluding hydrogens is 207 g/mol. The summed E-state index contributed by atoms with van der Waals surface area (Å²) in [7, 11) is -4.31. The van der Waals surface area contributed by atoms with Crippen molar-refractivity contribution in [3.63, 3.8) is 0 Å². The zero-order chi connectivity index (χ0) is 10.0. The van der Waals surface area contributed by atoms with Gasteiger partial charge < -0.3 is 5.11 Å². The standard InChI is InChI=1S/C3H8O5S.C3H5.Na/c4-2-1-3-8-9(5,6)7;1-3-2;/h4H,1-3H2,(H,5,6,7);3H,1-2H2;/q;-1;+1. The van der Waals surface area contributed by atoms with Crippen LogP contribution >= 0.6 is 0 Å². The predicted octanol–water partition coefficient (Wildman–Crippen LogP) is -2.80. The molecule has 0 unspecified atom stereocenters. The fourth-order valence-corrected chi connectivity index (χ4v) is 0.557. The van der Waals surface area contributed by atoms with E-state index in [1.807, 2.05) is 0 Å². The quantitative estimate of drug-likeness (QED) is 0.231. The van der Waals surface area contributed by atoms with Crippen molar-refractivity contribution in [1.29, 1.82) is 0 Å². The fourth-order valence-electron chi connectivity index (χ4n) is 0.229. The number of hydrogen-bond acceptors (Lipinski definition) is 4. The summed E-state index contributed by atoms with van der Waals surface area (Å²) in [6.45, 7) is 6.16. The van der Waals surface area contributed by atoms with Crippen LogP contribution in [0.15, 0.2) is 12.7 Å². The van der Waals surface area contributed by atoms with Gasteiger partial charge in [0.15, 0.2) is 0 Å². The van der Waals surface area contributed by atoms with Gasteiger partial charge in [0.2, 0.25) is 0 Å². The number of hydrogen-bond donors (Lipinski definition) is 2. The average Bonchev–Trinajstić information content (AvgIpc) is 1.87. The van der Waals surface area contributed by atoms with Crippen LogP contribution in [-0.4, -0.2) is 31.3 Å². The molecule has 0 aliphatic carbocycles. The summed E-state index contributed by atoms with van der Waals surface area (Å²) in [6.07, 6.45) is 1.69. The van der Waals surface area contributed by atoms with Crippen molar-refractivity contribution in [3.05, 3.63) is 19.6 Å². The Kier molecular flexibility index (Phi) is 18.3. The molecular formula is C6H13NaO5S. The molecule has 0 radical (unpaired) electrons. The molecule has 0 aromatic heterocycles. The van der Waals surface area contributed by atoms with Gasteiger partial charge >= 0.3 is 40.0 Å². The van der Waals surface area contributed by atoms with Crippen molar-refractivity contribution in [3.8, 4) is 0 Å². The SMILES string of the molecule is C=C[CH2-].O=S(=O)(O)OCCCO.[Na+]. The molecule has 7 heteroatoms. The third kappa shape index (κ3) is 32.7. The third-order valence-electron chi connectivity index (χ3n) is 0.535. The first-order valence-corrected chi connectivity index (χ1v) is 4.47. The van der Waals surface area contributed by atoms with Gasteiger partial charge in [-0.25, -0.2) is 23.8 Å². The normalized spacial score (nSPS) is 9.08. The maximum atomic E-state index is 9.76. The summed E-state index contributed by atoms with van der Waals surface area (Å²) in [5.74, 6) is 0.